The maximum atomic E-state index is 13.0. The average molecular weight is 390 g/mol. The van der Waals surface area contributed by atoms with E-state index in [2.05, 4.69) is 5.32 Å². The van der Waals surface area contributed by atoms with Gasteiger partial charge in [0.2, 0.25) is 0 Å². The zero-order valence-electron chi connectivity index (χ0n) is 17.1. The molecule has 0 unspecified atom stereocenters. The number of likely N-dealkylation sites (tertiary alicyclic amines) is 1. The number of nitrogen functional groups attached to an aromatic ring is 1. The second-order valence-corrected chi connectivity index (χ2v) is 8.42. The summed E-state index contributed by atoms with van der Waals surface area (Å²) in [6.45, 7) is 7.87. The van der Waals surface area contributed by atoms with Gasteiger partial charge in [-0.1, -0.05) is 0 Å². The summed E-state index contributed by atoms with van der Waals surface area (Å²) in [4.78, 5) is 28.9. The second-order valence-electron chi connectivity index (χ2n) is 8.42. The number of hydrogen-bond donors (Lipinski definition) is 2. The lowest BCUT2D eigenvalue weighted by Crippen LogP contribution is -2.50. The molecule has 0 saturated carbocycles. The molecule has 2 aliphatic heterocycles. The molecule has 0 aromatic heterocycles. The highest BCUT2D eigenvalue weighted by Gasteiger charge is 2.29. The van der Waals surface area contributed by atoms with E-state index in [9.17, 15) is 9.59 Å². The normalized spacial score (nSPS) is 19.5. The van der Waals surface area contributed by atoms with Crippen molar-refractivity contribution in [1.29, 1.82) is 0 Å². The van der Waals surface area contributed by atoms with E-state index in [1.165, 1.54) is 0 Å². The fraction of sp³-hybridized carbons (Fsp3) is 0.600. The number of nitrogens with zero attached hydrogens (tertiary/aromatic N) is 2. The summed E-state index contributed by atoms with van der Waals surface area (Å²) in [5.41, 5.74) is 7.49. The van der Waals surface area contributed by atoms with Gasteiger partial charge in [-0.2, -0.15) is 0 Å². The largest absolute Gasteiger partial charge is 0.489 e. The number of ether oxygens (including phenoxy) is 2. The van der Waals surface area contributed by atoms with Crippen molar-refractivity contribution in [3.05, 3.63) is 17.7 Å². The van der Waals surface area contributed by atoms with Crippen molar-refractivity contribution in [2.24, 2.45) is 0 Å². The van der Waals surface area contributed by atoms with Crippen LogP contribution in [0.1, 0.15) is 44.0 Å². The minimum atomic E-state index is -0.553. The van der Waals surface area contributed by atoms with Gasteiger partial charge < -0.3 is 30.3 Å². The summed E-state index contributed by atoms with van der Waals surface area (Å²) in [5.74, 6) is 0.527. The number of alkyl carbamates (subject to hydrolysis) is 1. The van der Waals surface area contributed by atoms with E-state index in [-0.39, 0.29) is 11.9 Å². The Balaban J connectivity index is 1.69. The van der Waals surface area contributed by atoms with E-state index in [0.29, 0.717) is 36.7 Å². The molecule has 0 spiro atoms. The van der Waals surface area contributed by atoms with Gasteiger partial charge in [-0.05, 0) is 45.7 Å². The molecule has 8 nitrogen and oxygen atoms in total. The highest BCUT2D eigenvalue weighted by Crippen LogP contribution is 2.37. The number of anilines is 2. The monoisotopic (exact) mass is 390 g/mol. The predicted molar refractivity (Wildman–Crippen MR) is 108 cm³/mol. The molecule has 1 fully saturated rings. The third kappa shape index (κ3) is 4.61. The third-order valence-corrected chi connectivity index (χ3v) is 4.85. The summed E-state index contributed by atoms with van der Waals surface area (Å²) < 4.78 is 11.0. The molecule has 3 N–H and O–H groups in total. The fourth-order valence-electron chi connectivity index (χ4n) is 3.61. The quantitative estimate of drug-likeness (QED) is 0.752. The minimum Gasteiger partial charge on any atom is -0.489 e. The van der Waals surface area contributed by atoms with Crippen molar-refractivity contribution in [1.82, 2.24) is 10.2 Å². The van der Waals surface area contributed by atoms with Crippen molar-refractivity contribution in [3.63, 3.8) is 0 Å². The number of carbonyl (C=O) groups excluding carboxylic acids is 2. The number of carbonyl (C=O) groups is 2. The average Bonchev–Trinajstić information content (AvgIpc) is 2.59. The summed E-state index contributed by atoms with van der Waals surface area (Å²) in [6, 6.07) is 3.33. The van der Waals surface area contributed by atoms with E-state index in [4.69, 9.17) is 15.2 Å². The Morgan fingerprint density at radius 3 is 2.75 bits per heavy atom. The van der Waals surface area contributed by atoms with Crippen molar-refractivity contribution in [2.75, 3.05) is 43.9 Å². The van der Waals surface area contributed by atoms with Gasteiger partial charge >= 0.3 is 6.09 Å². The van der Waals surface area contributed by atoms with Crippen LogP contribution in [0.5, 0.6) is 5.75 Å². The lowest BCUT2D eigenvalue weighted by Gasteiger charge is -2.34. The Kier molecular flexibility index (Phi) is 5.58. The van der Waals surface area contributed by atoms with Crippen LogP contribution in [-0.4, -0.2) is 61.8 Å². The van der Waals surface area contributed by atoms with Crippen LogP contribution in [0.15, 0.2) is 12.1 Å². The number of nitrogens with one attached hydrogen (secondary N) is 1. The maximum Gasteiger partial charge on any atom is 0.407 e. The first kappa shape index (κ1) is 20.1. The lowest BCUT2D eigenvalue weighted by molar-refractivity contribution is 0.0452. The van der Waals surface area contributed by atoms with Crippen LogP contribution in [0.25, 0.3) is 0 Å². The Morgan fingerprint density at radius 1 is 1.29 bits per heavy atom. The van der Waals surface area contributed by atoms with Crippen LogP contribution < -0.4 is 20.7 Å². The van der Waals surface area contributed by atoms with Crippen LogP contribution in [0.3, 0.4) is 0 Å². The number of likely N-dealkylation sites (N-methyl/N-ethyl adjacent to an activating group) is 1. The Labute approximate surface area is 165 Å². The topological polar surface area (TPSA) is 97.1 Å². The number of fused-ring (bicyclic) bond motifs is 1. The smallest absolute Gasteiger partial charge is 0.407 e. The molecule has 1 saturated heterocycles. The zero-order chi connectivity index (χ0) is 20.5. The SMILES string of the molecule is CN1CCOc2cc(C(=O)N3CCC[C@@H](NC(=O)OC(C)(C)C)C3)cc(N)c21. The number of nitrogens with two attached hydrogens (primary N) is 1. The molecule has 8 heteroatoms. The van der Waals surface area contributed by atoms with Crippen molar-refractivity contribution in [2.45, 2.75) is 45.3 Å². The van der Waals surface area contributed by atoms with E-state index < -0.39 is 11.7 Å². The number of benzene rings is 1. The molecule has 2 aliphatic rings. The van der Waals surface area contributed by atoms with E-state index >= 15 is 0 Å². The molecular formula is C20H30N4O4. The molecule has 1 atom stereocenters. The van der Waals surface area contributed by atoms with Gasteiger partial charge in [0.05, 0.1) is 12.2 Å². The Bertz CT molecular complexity index is 759. The van der Waals surface area contributed by atoms with Gasteiger partial charge in [0.1, 0.15) is 23.6 Å². The van der Waals surface area contributed by atoms with Crippen molar-refractivity contribution < 1.29 is 19.1 Å². The molecule has 0 bridgehead atoms. The maximum absolute atomic E-state index is 13.0. The van der Waals surface area contributed by atoms with Gasteiger partial charge in [-0.15, -0.1) is 0 Å². The molecular weight excluding hydrogens is 360 g/mol. The van der Waals surface area contributed by atoms with Gasteiger partial charge in [0, 0.05) is 31.7 Å². The molecule has 3 rings (SSSR count). The van der Waals surface area contributed by atoms with Crippen molar-refractivity contribution in [3.8, 4) is 5.75 Å². The van der Waals surface area contributed by atoms with Crippen LogP contribution in [-0.2, 0) is 4.74 Å². The summed E-state index contributed by atoms with van der Waals surface area (Å²) in [5, 5.41) is 2.87. The first-order valence-corrected chi connectivity index (χ1v) is 9.70. The second kappa shape index (κ2) is 7.77. The Morgan fingerprint density at radius 2 is 2.04 bits per heavy atom. The molecule has 0 radical (unpaired) electrons. The first-order chi connectivity index (χ1) is 13.1. The minimum absolute atomic E-state index is 0.109. The fourth-order valence-corrected chi connectivity index (χ4v) is 3.61. The number of amides is 2. The van der Waals surface area contributed by atoms with Crippen molar-refractivity contribution >= 4 is 23.4 Å². The molecule has 2 amide bonds. The number of piperidine rings is 1. The molecule has 154 valence electrons. The molecule has 1 aromatic rings. The molecule has 28 heavy (non-hydrogen) atoms. The van der Waals surface area contributed by atoms with E-state index in [1.54, 1.807) is 17.0 Å². The number of hydrogen-bond acceptors (Lipinski definition) is 6. The Hall–Kier alpha value is -2.64. The van der Waals surface area contributed by atoms with Gasteiger partial charge in [-0.3, -0.25) is 4.79 Å². The summed E-state index contributed by atoms with van der Waals surface area (Å²) in [6.07, 6.45) is 1.16. The van der Waals surface area contributed by atoms with Gasteiger partial charge in [-0.25, -0.2) is 4.79 Å². The van der Waals surface area contributed by atoms with Crippen LogP contribution >= 0.6 is 0 Å². The van der Waals surface area contributed by atoms with E-state index in [0.717, 1.165) is 25.1 Å². The van der Waals surface area contributed by atoms with Crippen LogP contribution in [0, 0.1) is 0 Å². The van der Waals surface area contributed by atoms with Gasteiger partial charge in [0.15, 0.2) is 0 Å². The number of rotatable bonds is 2. The highest BCUT2D eigenvalue weighted by molar-refractivity contribution is 5.97. The summed E-state index contributed by atoms with van der Waals surface area (Å²) >= 11 is 0. The lowest BCUT2D eigenvalue weighted by atomic mass is 10.0. The zero-order valence-corrected chi connectivity index (χ0v) is 17.1. The summed E-state index contributed by atoms with van der Waals surface area (Å²) in [7, 11) is 1.96. The highest BCUT2D eigenvalue weighted by atomic mass is 16.6. The molecule has 1 aromatic carbocycles. The van der Waals surface area contributed by atoms with Crippen LogP contribution in [0.2, 0.25) is 0 Å². The molecule has 0 aliphatic carbocycles. The standard InChI is InChI=1S/C20H30N4O4/c1-20(2,3)28-19(26)22-14-6-5-7-24(12-14)18(25)13-10-15(21)17-16(11-13)27-9-8-23(17)4/h10-11,14H,5-9,12,21H2,1-4H3,(H,22,26)/t14-/m1/s1. The predicted octanol–water partition coefficient (Wildman–Crippen LogP) is 2.23. The molecule has 2 heterocycles. The van der Waals surface area contributed by atoms with E-state index in [1.807, 2.05) is 32.7 Å². The van der Waals surface area contributed by atoms with Crippen LogP contribution in [0.4, 0.5) is 16.2 Å². The van der Waals surface area contributed by atoms with Gasteiger partial charge in [0.25, 0.3) is 5.91 Å². The first-order valence-electron chi connectivity index (χ1n) is 9.70. The third-order valence-electron chi connectivity index (χ3n) is 4.85.